The number of carbonyl (C=O) groups is 1. The topological polar surface area (TPSA) is 32.3 Å². The van der Waals surface area contributed by atoms with Crippen LogP contribution in [-0.2, 0) is 4.79 Å². The van der Waals surface area contributed by atoms with Crippen LogP contribution in [0.4, 0.5) is 4.39 Å². The van der Waals surface area contributed by atoms with Crippen molar-refractivity contribution >= 4 is 5.91 Å². The largest absolute Gasteiger partial charge is 0.342 e. The summed E-state index contributed by atoms with van der Waals surface area (Å²) in [6, 6.07) is 0. The molecule has 3 nitrogen and oxygen atoms in total. The van der Waals surface area contributed by atoms with Gasteiger partial charge < -0.3 is 10.2 Å². The molecule has 17 heavy (non-hydrogen) atoms. The minimum absolute atomic E-state index is 0.146. The average Bonchev–Trinajstić information content (AvgIpc) is 2.13. The molecule has 0 bridgehead atoms. The molecule has 0 atom stereocenters. The first-order valence-corrected chi connectivity index (χ1v) is 6.69. The highest BCUT2D eigenvalue weighted by Crippen LogP contribution is 2.33. The van der Waals surface area contributed by atoms with Crippen molar-refractivity contribution in [1.29, 1.82) is 0 Å². The quantitative estimate of drug-likeness (QED) is 0.815. The lowest BCUT2D eigenvalue weighted by molar-refractivity contribution is -0.139. The molecule has 0 unspecified atom stereocenters. The molecule has 0 aliphatic carbocycles. The lowest BCUT2D eigenvalue weighted by Gasteiger charge is -2.40. The Morgan fingerprint density at radius 2 is 2.00 bits per heavy atom. The number of nitrogens with one attached hydrogen (secondary N) is 1. The lowest BCUT2D eigenvalue weighted by atomic mass is 9.85. The summed E-state index contributed by atoms with van der Waals surface area (Å²) in [6.45, 7) is 6.89. The third kappa shape index (κ3) is 2.97. The Kier molecular flexibility index (Phi) is 3.71. The van der Waals surface area contributed by atoms with E-state index < -0.39 is 5.67 Å². The first kappa shape index (κ1) is 12.8. The average molecular weight is 242 g/mol. The van der Waals surface area contributed by atoms with Crippen molar-refractivity contribution in [3.8, 4) is 0 Å². The third-order valence-electron chi connectivity index (χ3n) is 3.88. The van der Waals surface area contributed by atoms with Crippen LogP contribution < -0.4 is 5.32 Å². The van der Waals surface area contributed by atoms with E-state index >= 15 is 0 Å². The Labute approximate surface area is 103 Å². The van der Waals surface area contributed by atoms with Crippen molar-refractivity contribution in [2.24, 2.45) is 11.8 Å². The van der Waals surface area contributed by atoms with Crippen LogP contribution in [0.1, 0.15) is 33.1 Å². The number of alkyl halides is 1. The number of halogens is 1. The summed E-state index contributed by atoms with van der Waals surface area (Å²) in [5, 5.41) is 3.10. The van der Waals surface area contributed by atoms with Crippen LogP contribution >= 0.6 is 0 Å². The number of carbonyl (C=O) groups excluding carboxylic acids is 1. The van der Waals surface area contributed by atoms with E-state index in [0.29, 0.717) is 38.3 Å². The molecule has 2 aliphatic heterocycles. The van der Waals surface area contributed by atoms with E-state index in [1.54, 1.807) is 0 Å². The van der Waals surface area contributed by atoms with Gasteiger partial charge in [0.15, 0.2) is 0 Å². The summed E-state index contributed by atoms with van der Waals surface area (Å²) in [5.41, 5.74) is -1.04. The second-order valence-electron chi connectivity index (χ2n) is 5.93. The third-order valence-corrected chi connectivity index (χ3v) is 3.88. The predicted molar refractivity (Wildman–Crippen MR) is 65.5 cm³/mol. The van der Waals surface area contributed by atoms with Gasteiger partial charge >= 0.3 is 0 Å². The minimum atomic E-state index is -1.04. The molecular formula is C13H23FN2O. The molecule has 1 amide bonds. The highest BCUT2D eigenvalue weighted by atomic mass is 19.1. The smallest absolute Gasteiger partial charge is 0.228 e. The lowest BCUT2D eigenvalue weighted by Crippen LogP contribution is -2.54. The van der Waals surface area contributed by atoms with Crippen molar-refractivity contribution in [2.45, 2.75) is 38.8 Å². The molecule has 98 valence electrons. The monoisotopic (exact) mass is 242 g/mol. The maximum absolute atomic E-state index is 14.4. The van der Waals surface area contributed by atoms with Gasteiger partial charge in [-0.15, -0.1) is 0 Å². The standard InChI is InChI=1S/C13H23FN2O/c1-10(2)7-13(14)3-5-16(6-4-13)12(17)11-8-15-9-11/h10-11,15H,3-9H2,1-2H3. The van der Waals surface area contributed by atoms with Gasteiger partial charge in [-0.3, -0.25) is 4.79 Å². The summed E-state index contributed by atoms with van der Waals surface area (Å²) in [4.78, 5) is 13.8. The van der Waals surface area contributed by atoms with Gasteiger partial charge in [0, 0.05) is 26.2 Å². The Morgan fingerprint density at radius 3 is 2.41 bits per heavy atom. The zero-order valence-electron chi connectivity index (χ0n) is 10.8. The number of piperidine rings is 1. The zero-order chi connectivity index (χ0) is 12.5. The number of likely N-dealkylation sites (tertiary alicyclic amines) is 1. The van der Waals surface area contributed by atoms with Crippen LogP contribution in [0.25, 0.3) is 0 Å². The van der Waals surface area contributed by atoms with Gasteiger partial charge in [-0.1, -0.05) is 13.8 Å². The van der Waals surface area contributed by atoms with Gasteiger partial charge in [0.2, 0.25) is 5.91 Å². The van der Waals surface area contributed by atoms with Crippen LogP contribution in [0, 0.1) is 11.8 Å². The number of hydrogen-bond donors (Lipinski definition) is 1. The number of amides is 1. The molecule has 0 saturated carbocycles. The van der Waals surface area contributed by atoms with Crippen LogP contribution in [0.15, 0.2) is 0 Å². The number of hydrogen-bond acceptors (Lipinski definition) is 2. The van der Waals surface area contributed by atoms with Crippen LogP contribution in [-0.4, -0.2) is 42.7 Å². The fraction of sp³-hybridized carbons (Fsp3) is 0.923. The second kappa shape index (κ2) is 4.92. The van der Waals surface area contributed by atoms with Gasteiger partial charge in [-0.05, 0) is 25.2 Å². The summed E-state index contributed by atoms with van der Waals surface area (Å²) in [6.07, 6.45) is 1.65. The van der Waals surface area contributed by atoms with E-state index in [9.17, 15) is 9.18 Å². The molecule has 2 rings (SSSR count). The maximum atomic E-state index is 14.4. The molecular weight excluding hydrogens is 219 g/mol. The van der Waals surface area contributed by atoms with Crippen molar-refractivity contribution in [3.63, 3.8) is 0 Å². The predicted octanol–water partition coefficient (Wildman–Crippen LogP) is 1.58. The first-order valence-electron chi connectivity index (χ1n) is 6.69. The van der Waals surface area contributed by atoms with Crippen LogP contribution in [0.2, 0.25) is 0 Å². The van der Waals surface area contributed by atoms with E-state index in [0.717, 1.165) is 13.1 Å². The van der Waals surface area contributed by atoms with E-state index in [1.165, 1.54) is 0 Å². The van der Waals surface area contributed by atoms with E-state index in [1.807, 2.05) is 4.90 Å². The molecule has 0 radical (unpaired) electrons. The highest BCUT2D eigenvalue weighted by Gasteiger charge is 2.38. The van der Waals surface area contributed by atoms with Crippen molar-refractivity contribution in [3.05, 3.63) is 0 Å². The molecule has 2 saturated heterocycles. The normalized spacial score (nSPS) is 24.8. The molecule has 0 spiro atoms. The van der Waals surface area contributed by atoms with Crippen LogP contribution in [0.5, 0.6) is 0 Å². The first-order chi connectivity index (χ1) is 8.00. The van der Waals surface area contributed by atoms with Crippen molar-refractivity contribution in [2.75, 3.05) is 26.2 Å². The molecule has 0 aromatic rings. The van der Waals surface area contributed by atoms with Gasteiger partial charge in [0.1, 0.15) is 5.67 Å². The maximum Gasteiger partial charge on any atom is 0.228 e. The summed E-state index contributed by atoms with van der Waals surface area (Å²) < 4.78 is 14.4. The van der Waals surface area contributed by atoms with Gasteiger partial charge in [-0.2, -0.15) is 0 Å². The molecule has 0 aromatic heterocycles. The second-order valence-corrected chi connectivity index (χ2v) is 5.93. The molecule has 2 heterocycles. The minimum Gasteiger partial charge on any atom is -0.342 e. The van der Waals surface area contributed by atoms with Crippen LogP contribution in [0.3, 0.4) is 0 Å². The molecule has 4 heteroatoms. The number of nitrogens with zero attached hydrogens (tertiary/aromatic N) is 1. The Bertz CT molecular complexity index is 281. The van der Waals surface area contributed by atoms with Gasteiger partial charge in [0.05, 0.1) is 5.92 Å². The Hall–Kier alpha value is -0.640. The van der Waals surface area contributed by atoms with E-state index in [4.69, 9.17) is 0 Å². The highest BCUT2D eigenvalue weighted by molar-refractivity contribution is 5.80. The van der Waals surface area contributed by atoms with Gasteiger partial charge in [0.25, 0.3) is 0 Å². The Morgan fingerprint density at radius 1 is 1.41 bits per heavy atom. The SMILES string of the molecule is CC(C)CC1(F)CCN(C(=O)C2CNC2)CC1. The zero-order valence-corrected chi connectivity index (χ0v) is 10.8. The number of rotatable bonds is 3. The van der Waals surface area contributed by atoms with Crippen molar-refractivity contribution in [1.82, 2.24) is 10.2 Å². The fourth-order valence-corrected chi connectivity index (χ4v) is 2.79. The van der Waals surface area contributed by atoms with E-state index in [2.05, 4.69) is 19.2 Å². The summed E-state index contributed by atoms with van der Waals surface area (Å²) in [7, 11) is 0. The Balaban J connectivity index is 1.82. The fourth-order valence-electron chi connectivity index (χ4n) is 2.79. The molecule has 2 fully saturated rings. The summed E-state index contributed by atoms with van der Waals surface area (Å²) >= 11 is 0. The molecule has 1 N–H and O–H groups in total. The van der Waals surface area contributed by atoms with Crippen molar-refractivity contribution < 1.29 is 9.18 Å². The summed E-state index contributed by atoms with van der Waals surface area (Å²) in [5.74, 6) is 0.751. The molecule has 2 aliphatic rings. The van der Waals surface area contributed by atoms with E-state index in [-0.39, 0.29) is 11.8 Å². The van der Waals surface area contributed by atoms with Gasteiger partial charge in [-0.25, -0.2) is 4.39 Å². The molecule has 0 aromatic carbocycles.